The summed E-state index contributed by atoms with van der Waals surface area (Å²) in [6, 6.07) is 43.9. The first-order valence-electron chi connectivity index (χ1n) is 16.2. The Bertz CT molecular complexity index is 3100. The van der Waals surface area contributed by atoms with Crippen LogP contribution in [0.3, 0.4) is 0 Å². The van der Waals surface area contributed by atoms with Crippen molar-refractivity contribution in [2.24, 2.45) is 0 Å². The number of pyridine rings is 2. The molecule has 0 aliphatic rings. The van der Waals surface area contributed by atoms with Crippen LogP contribution in [0, 0.1) is 0 Å². The second kappa shape index (κ2) is 9.50. The molecule has 3 heterocycles. The van der Waals surface area contributed by atoms with Crippen molar-refractivity contribution in [3.63, 3.8) is 0 Å². The number of fused-ring (bicyclic) bond motifs is 5. The maximum Gasteiger partial charge on any atom is 0.0971 e. The predicted octanol–water partition coefficient (Wildman–Crippen LogP) is 11.3. The molecular weight excluding hydrogens is 585 g/mol. The molecule has 0 aliphatic carbocycles. The molecule has 11 aromatic rings. The summed E-state index contributed by atoms with van der Waals surface area (Å²) in [5, 5.41) is 17.2. The largest absolute Gasteiger partial charge is 0.254 e. The molecule has 4 heteroatoms. The Balaban J connectivity index is 1.21. The summed E-state index contributed by atoms with van der Waals surface area (Å²) in [4.78, 5) is 19.3. The zero-order chi connectivity index (χ0) is 31.3. The Hall–Kier alpha value is -6.52. The minimum Gasteiger partial charge on any atom is -0.254 e. The van der Waals surface area contributed by atoms with E-state index in [1.807, 2.05) is 36.9 Å². The molecule has 0 radical (unpaired) electrons. The summed E-state index contributed by atoms with van der Waals surface area (Å²) in [7, 11) is 0. The molecule has 0 unspecified atom stereocenters. The van der Waals surface area contributed by atoms with Gasteiger partial charge in [-0.2, -0.15) is 0 Å². The van der Waals surface area contributed by atoms with Crippen LogP contribution in [0.15, 0.2) is 146 Å². The minimum absolute atomic E-state index is 0.807. The Labute approximate surface area is 274 Å². The molecule has 8 aromatic carbocycles. The van der Waals surface area contributed by atoms with Crippen LogP contribution in [0.4, 0.5) is 0 Å². The lowest BCUT2D eigenvalue weighted by molar-refractivity contribution is 1.21. The zero-order valence-corrected chi connectivity index (χ0v) is 25.6. The second-order valence-electron chi connectivity index (χ2n) is 12.6. The van der Waals surface area contributed by atoms with Gasteiger partial charge in [-0.1, -0.05) is 91.0 Å². The van der Waals surface area contributed by atoms with E-state index in [4.69, 9.17) is 9.97 Å². The molecule has 0 fully saturated rings. The molecule has 0 atom stereocenters. The van der Waals surface area contributed by atoms with Crippen LogP contribution < -0.4 is 0 Å². The standard InChI is InChI=1S/C44H24N4/c1-6-25-14-15-26-8-3-12-33-36-22-30(20-28-17-16-27-7-2-11-32(40(27)42(28)36)31(10-1)39(25)41(26)33)37-23-48-38(24-47-37)35-21-29-9-4-18-45-43(29)44-34(35)13-5-19-46-44/h1-24H. The van der Waals surface area contributed by atoms with Crippen molar-refractivity contribution in [3.8, 4) is 22.5 Å². The van der Waals surface area contributed by atoms with Gasteiger partial charge in [0.25, 0.3) is 0 Å². The minimum atomic E-state index is 0.807. The average molecular weight is 609 g/mol. The summed E-state index contributed by atoms with van der Waals surface area (Å²) in [5.74, 6) is 0. The first-order valence-corrected chi connectivity index (χ1v) is 16.2. The van der Waals surface area contributed by atoms with Gasteiger partial charge in [-0.25, -0.2) is 0 Å². The fourth-order valence-electron chi connectivity index (χ4n) is 8.04. The van der Waals surface area contributed by atoms with Crippen LogP contribution in [0.1, 0.15) is 0 Å². The van der Waals surface area contributed by atoms with Gasteiger partial charge in [-0.05, 0) is 95.0 Å². The second-order valence-corrected chi connectivity index (χ2v) is 12.6. The van der Waals surface area contributed by atoms with Gasteiger partial charge in [-0.3, -0.25) is 19.9 Å². The zero-order valence-electron chi connectivity index (χ0n) is 25.6. The molecule has 0 amide bonds. The molecule has 0 aliphatic heterocycles. The highest BCUT2D eigenvalue weighted by atomic mass is 14.8. The van der Waals surface area contributed by atoms with E-state index in [9.17, 15) is 0 Å². The van der Waals surface area contributed by atoms with Gasteiger partial charge in [0.2, 0.25) is 0 Å². The Morgan fingerprint density at radius 3 is 1.52 bits per heavy atom. The lowest BCUT2D eigenvalue weighted by Crippen LogP contribution is -1.93. The molecule has 48 heavy (non-hydrogen) atoms. The summed E-state index contributed by atoms with van der Waals surface area (Å²) in [6.45, 7) is 0. The number of rotatable bonds is 2. The fraction of sp³-hybridized carbons (Fsp3) is 0. The van der Waals surface area contributed by atoms with Crippen molar-refractivity contribution < 1.29 is 0 Å². The molecule has 0 saturated heterocycles. The first kappa shape index (κ1) is 25.6. The molecule has 0 bridgehead atoms. The molecule has 3 aromatic heterocycles. The Morgan fingerprint density at radius 1 is 0.333 bits per heavy atom. The molecule has 0 saturated carbocycles. The van der Waals surface area contributed by atoms with Gasteiger partial charge in [-0.15, -0.1) is 0 Å². The number of benzene rings is 7. The van der Waals surface area contributed by atoms with E-state index in [2.05, 4.69) is 119 Å². The topological polar surface area (TPSA) is 51.6 Å². The molecule has 220 valence electrons. The Morgan fingerprint density at radius 2 is 0.854 bits per heavy atom. The summed E-state index contributed by atoms with van der Waals surface area (Å²) in [5.41, 5.74) is 5.44. The van der Waals surface area contributed by atoms with Gasteiger partial charge in [0.1, 0.15) is 0 Å². The van der Waals surface area contributed by atoms with Crippen molar-refractivity contribution in [3.05, 3.63) is 146 Å². The first-order chi connectivity index (χ1) is 23.8. The Kier molecular flexibility index (Phi) is 5.08. The van der Waals surface area contributed by atoms with Crippen molar-refractivity contribution in [2.45, 2.75) is 0 Å². The van der Waals surface area contributed by atoms with E-state index in [1.54, 1.807) is 0 Å². The molecule has 4 nitrogen and oxygen atoms in total. The van der Waals surface area contributed by atoms with Crippen LogP contribution >= 0.6 is 0 Å². The van der Waals surface area contributed by atoms with E-state index in [1.165, 1.54) is 64.6 Å². The summed E-state index contributed by atoms with van der Waals surface area (Å²) in [6.07, 6.45) is 7.43. The number of nitrogens with zero attached hydrogens (tertiary/aromatic N) is 4. The lowest BCUT2D eigenvalue weighted by Gasteiger charge is -2.17. The van der Waals surface area contributed by atoms with Crippen LogP contribution in [0.2, 0.25) is 0 Å². The molecule has 0 N–H and O–H groups in total. The summed E-state index contributed by atoms with van der Waals surface area (Å²) >= 11 is 0. The van der Waals surface area contributed by atoms with Gasteiger partial charge in [0, 0.05) is 34.3 Å². The van der Waals surface area contributed by atoms with E-state index in [0.717, 1.165) is 44.3 Å². The normalized spacial score (nSPS) is 12.2. The number of hydrogen-bond donors (Lipinski definition) is 0. The van der Waals surface area contributed by atoms with E-state index >= 15 is 0 Å². The third-order valence-electron chi connectivity index (χ3n) is 10.1. The SMILES string of the molecule is c1cnc2c(c1)cc(-c1cnc(-c3cc4ccc5cccc6c7cccc8ccc9cccc(c(c3)c4c56)c9c87)cn1)c1cccnc12. The highest BCUT2D eigenvalue weighted by Gasteiger charge is 2.17. The van der Waals surface area contributed by atoms with Crippen LogP contribution in [0.25, 0.3) is 109 Å². The lowest BCUT2D eigenvalue weighted by atomic mass is 9.87. The van der Waals surface area contributed by atoms with E-state index < -0.39 is 0 Å². The van der Waals surface area contributed by atoms with Crippen LogP contribution in [-0.2, 0) is 0 Å². The van der Waals surface area contributed by atoms with Crippen LogP contribution in [-0.4, -0.2) is 19.9 Å². The maximum absolute atomic E-state index is 5.04. The van der Waals surface area contributed by atoms with Crippen molar-refractivity contribution >= 4 is 86.4 Å². The van der Waals surface area contributed by atoms with E-state index in [0.29, 0.717) is 0 Å². The molecular formula is C44H24N4. The van der Waals surface area contributed by atoms with Crippen LogP contribution in [0.5, 0.6) is 0 Å². The highest BCUT2D eigenvalue weighted by molar-refractivity contribution is 6.37. The summed E-state index contributed by atoms with van der Waals surface area (Å²) < 4.78 is 0. The van der Waals surface area contributed by atoms with Crippen molar-refractivity contribution in [1.82, 2.24) is 19.9 Å². The average Bonchev–Trinajstić information content (AvgIpc) is 3.15. The fourth-order valence-corrected chi connectivity index (χ4v) is 8.04. The van der Waals surface area contributed by atoms with Gasteiger partial charge in [0.05, 0.1) is 34.8 Å². The number of aromatic nitrogens is 4. The molecule has 11 rings (SSSR count). The van der Waals surface area contributed by atoms with Crippen molar-refractivity contribution in [1.29, 1.82) is 0 Å². The van der Waals surface area contributed by atoms with E-state index in [-0.39, 0.29) is 0 Å². The van der Waals surface area contributed by atoms with Gasteiger partial charge < -0.3 is 0 Å². The highest BCUT2D eigenvalue weighted by Crippen LogP contribution is 2.44. The molecule has 0 spiro atoms. The van der Waals surface area contributed by atoms with Gasteiger partial charge in [0.15, 0.2) is 0 Å². The number of hydrogen-bond acceptors (Lipinski definition) is 4. The monoisotopic (exact) mass is 608 g/mol. The van der Waals surface area contributed by atoms with Crippen molar-refractivity contribution in [2.75, 3.05) is 0 Å². The third-order valence-corrected chi connectivity index (χ3v) is 10.1. The smallest absolute Gasteiger partial charge is 0.0971 e. The van der Waals surface area contributed by atoms with Gasteiger partial charge >= 0.3 is 0 Å². The quantitative estimate of drug-likeness (QED) is 0.183. The predicted molar refractivity (Wildman–Crippen MR) is 200 cm³/mol. The maximum atomic E-state index is 5.04. The third kappa shape index (κ3) is 3.49.